The van der Waals surface area contributed by atoms with Gasteiger partial charge in [0.25, 0.3) is 5.91 Å². The van der Waals surface area contributed by atoms with Gasteiger partial charge in [-0.25, -0.2) is 4.79 Å². The number of nitrogens with two attached hydrogens (primary N) is 1. The Hall–Kier alpha value is -2.34. The molecular weight excluding hydrogens is 296 g/mol. The van der Waals surface area contributed by atoms with E-state index < -0.39 is 23.3 Å². The molecule has 7 heteroatoms. The number of aliphatic carboxylic acids is 1. The highest BCUT2D eigenvalue weighted by molar-refractivity contribution is 6.32. The van der Waals surface area contributed by atoms with Gasteiger partial charge in [0.05, 0.1) is 0 Å². The van der Waals surface area contributed by atoms with Crippen LogP contribution in [0.2, 0.25) is 5.02 Å². The first kappa shape index (κ1) is 16.7. The van der Waals surface area contributed by atoms with E-state index in [0.29, 0.717) is 5.56 Å². The van der Waals surface area contributed by atoms with Crippen molar-refractivity contribution in [3.8, 4) is 0 Å². The van der Waals surface area contributed by atoms with E-state index in [-0.39, 0.29) is 10.6 Å². The predicted octanol–water partition coefficient (Wildman–Crippen LogP) is 1.43. The SMILES string of the molecule is CC(C)(NC(=O)c1ccc(/C=C/C(=O)O)c(Cl)c1)C(N)=O. The quantitative estimate of drug-likeness (QED) is 0.715. The summed E-state index contributed by atoms with van der Waals surface area (Å²) in [6, 6.07) is 4.36. The van der Waals surface area contributed by atoms with E-state index in [1.807, 2.05) is 0 Å². The monoisotopic (exact) mass is 310 g/mol. The Morgan fingerprint density at radius 3 is 2.43 bits per heavy atom. The van der Waals surface area contributed by atoms with Crippen molar-refractivity contribution in [2.75, 3.05) is 0 Å². The molecular formula is C14H15ClN2O4. The topological polar surface area (TPSA) is 109 Å². The van der Waals surface area contributed by atoms with Gasteiger partial charge in [0.15, 0.2) is 0 Å². The fourth-order valence-corrected chi connectivity index (χ4v) is 1.63. The standard InChI is InChI=1S/C14H15ClN2O4/c1-14(2,13(16)21)17-12(20)9-4-3-8(10(15)7-9)5-6-11(18)19/h3-7H,1-2H3,(H2,16,21)(H,17,20)(H,18,19)/b6-5+. The second kappa shape index (κ2) is 6.41. The summed E-state index contributed by atoms with van der Waals surface area (Å²) in [4.78, 5) is 33.6. The van der Waals surface area contributed by atoms with Crippen LogP contribution >= 0.6 is 11.6 Å². The highest BCUT2D eigenvalue weighted by Gasteiger charge is 2.27. The molecule has 0 aliphatic carbocycles. The predicted molar refractivity (Wildman–Crippen MR) is 78.9 cm³/mol. The van der Waals surface area contributed by atoms with Crippen molar-refractivity contribution >= 4 is 35.5 Å². The van der Waals surface area contributed by atoms with Gasteiger partial charge in [-0.15, -0.1) is 0 Å². The molecule has 0 unspecified atom stereocenters. The number of carbonyl (C=O) groups is 3. The van der Waals surface area contributed by atoms with Crippen molar-refractivity contribution in [3.05, 3.63) is 40.4 Å². The molecule has 0 aliphatic rings. The Balaban J connectivity index is 2.96. The summed E-state index contributed by atoms with van der Waals surface area (Å²) in [5.74, 6) is -2.27. The smallest absolute Gasteiger partial charge is 0.328 e. The maximum atomic E-state index is 12.0. The first-order valence-corrected chi connectivity index (χ1v) is 6.34. The van der Waals surface area contributed by atoms with Gasteiger partial charge in [0.2, 0.25) is 5.91 Å². The lowest BCUT2D eigenvalue weighted by atomic mass is 10.0. The molecule has 1 aromatic rings. The van der Waals surface area contributed by atoms with Crippen LogP contribution in [0.4, 0.5) is 0 Å². The molecule has 0 spiro atoms. The van der Waals surface area contributed by atoms with Crippen molar-refractivity contribution < 1.29 is 19.5 Å². The fraction of sp³-hybridized carbons (Fsp3) is 0.214. The van der Waals surface area contributed by atoms with E-state index >= 15 is 0 Å². The summed E-state index contributed by atoms with van der Waals surface area (Å²) in [7, 11) is 0. The zero-order chi connectivity index (χ0) is 16.2. The van der Waals surface area contributed by atoms with Crippen molar-refractivity contribution in [2.45, 2.75) is 19.4 Å². The second-order valence-corrected chi connectivity index (χ2v) is 5.26. The van der Waals surface area contributed by atoms with E-state index in [1.165, 1.54) is 38.1 Å². The average Bonchev–Trinajstić information content (AvgIpc) is 2.36. The highest BCUT2D eigenvalue weighted by atomic mass is 35.5. The van der Waals surface area contributed by atoms with Crippen LogP contribution in [0.25, 0.3) is 6.08 Å². The van der Waals surface area contributed by atoms with E-state index in [0.717, 1.165) is 6.08 Å². The van der Waals surface area contributed by atoms with Crippen LogP contribution < -0.4 is 11.1 Å². The van der Waals surface area contributed by atoms with Crippen LogP contribution in [0, 0.1) is 0 Å². The zero-order valence-corrected chi connectivity index (χ0v) is 12.3. The Morgan fingerprint density at radius 1 is 1.33 bits per heavy atom. The molecule has 0 aliphatic heterocycles. The second-order valence-electron chi connectivity index (χ2n) is 4.85. The van der Waals surface area contributed by atoms with E-state index in [2.05, 4.69) is 5.32 Å². The molecule has 1 rings (SSSR count). The molecule has 1 aromatic carbocycles. The van der Waals surface area contributed by atoms with Crippen LogP contribution in [0.15, 0.2) is 24.3 Å². The van der Waals surface area contributed by atoms with Gasteiger partial charge in [0, 0.05) is 16.7 Å². The number of nitrogens with one attached hydrogen (secondary N) is 1. The molecule has 0 radical (unpaired) electrons. The molecule has 0 heterocycles. The van der Waals surface area contributed by atoms with Crippen molar-refractivity contribution in [1.29, 1.82) is 0 Å². The number of primary amides is 1. The van der Waals surface area contributed by atoms with Crippen LogP contribution in [0.1, 0.15) is 29.8 Å². The zero-order valence-electron chi connectivity index (χ0n) is 11.5. The van der Waals surface area contributed by atoms with Gasteiger partial charge in [0.1, 0.15) is 5.54 Å². The minimum atomic E-state index is -1.19. The van der Waals surface area contributed by atoms with Gasteiger partial charge in [-0.1, -0.05) is 17.7 Å². The molecule has 4 N–H and O–H groups in total. The van der Waals surface area contributed by atoms with Crippen LogP contribution in [0.5, 0.6) is 0 Å². The number of amides is 2. The molecule has 0 saturated heterocycles. The van der Waals surface area contributed by atoms with Gasteiger partial charge in [-0.2, -0.15) is 0 Å². The van der Waals surface area contributed by atoms with E-state index in [4.69, 9.17) is 22.4 Å². The lowest BCUT2D eigenvalue weighted by Crippen LogP contribution is -2.53. The van der Waals surface area contributed by atoms with Gasteiger partial charge in [-0.3, -0.25) is 9.59 Å². The number of carboxylic acid groups (broad SMARTS) is 1. The summed E-state index contributed by atoms with van der Waals surface area (Å²) >= 11 is 5.97. The molecule has 0 fully saturated rings. The molecule has 0 bridgehead atoms. The molecule has 0 aromatic heterocycles. The Labute approximate surface area is 126 Å². The van der Waals surface area contributed by atoms with Gasteiger partial charge < -0.3 is 16.2 Å². The molecule has 2 amide bonds. The third-order valence-corrected chi connectivity index (χ3v) is 3.04. The molecule has 0 saturated carbocycles. The summed E-state index contributed by atoms with van der Waals surface area (Å²) in [6.07, 6.45) is 2.26. The first-order valence-electron chi connectivity index (χ1n) is 5.96. The lowest BCUT2D eigenvalue weighted by molar-refractivity contribution is -0.131. The Kier molecular flexibility index (Phi) is 5.10. The summed E-state index contributed by atoms with van der Waals surface area (Å²) in [6.45, 7) is 2.97. The van der Waals surface area contributed by atoms with Crippen LogP contribution in [0.3, 0.4) is 0 Å². The van der Waals surface area contributed by atoms with Crippen molar-refractivity contribution in [3.63, 3.8) is 0 Å². The minimum Gasteiger partial charge on any atom is -0.478 e. The summed E-state index contributed by atoms with van der Waals surface area (Å²) in [5.41, 5.74) is 4.69. The number of halogens is 1. The largest absolute Gasteiger partial charge is 0.478 e. The number of hydrogen-bond donors (Lipinski definition) is 3. The van der Waals surface area contributed by atoms with Gasteiger partial charge in [-0.05, 0) is 37.6 Å². The molecule has 112 valence electrons. The first-order chi connectivity index (χ1) is 9.63. The lowest BCUT2D eigenvalue weighted by Gasteiger charge is -2.22. The molecule has 21 heavy (non-hydrogen) atoms. The van der Waals surface area contributed by atoms with Crippen molar-refractivity contribution in [2.24, 2.45) is 5.73 Å². The Bertz CT molecular complexity index is 623. The number of benzene rings is 1. The van der Waals surface area contributed by atoms with Crippen LogP contribution in [-0.4, -0.2) is 28.4 Å². The summed E-state index contributed by atoms with van der Waals surface area (Å²) < 4.78 is 0. The molecule has 6 nitrogen and oxygen atoms in total. The normalized spacial score (nSPS) is 11.4. The maximum Gasteiger partial charge on any atom is 0.328 e. The maximum absolute atomic E-state index is 12.0. The fourth-order valence-electron chi connectivity index (χ4n) is 1.38. The van der Waals surface area contributed by atoms with Crippen LogP contribution in [-0.2, 0) is 9.59 Å². The molecule has 0 atom stereocenters. The number of hydrogen-bond acceptors (Lipinski definition) is 3. The number of rotatable bonds is 5. The summed E-state index contributed by atoms with van der Waals surface area (Å²) in [5, 5.41) is 11.3. The number of carbonyl (C=O) groups excluding carboxylic acids is 2. The van der Waals surface area contributed by atoms with E-state index in [9.17, 15) is 14.4 Å². The third kappa shape index (κ3) is 4.61. The highest BCUT2D eigenvalue weighted by Crippen LogP contribution is 2.20. The van der Waals surface area contributed by atoms with E-state index in [1.54, 1.807) is 0 Å². The average molecular weight is 311 g/mol. The Morgan fingerprint density at radius 2 is 1.95 bits per heavy atom. The van der Waals surface area contributed by atoms with Crippen molar-refractivity contribution in [1.82, 2.24) is 5.32 Å². The third-order valence-electron chi connectivity index (χ3n) is 2.71. The number of carboxylic acids is 1. The van der Waals surface area contributed by atoms with Gasteiger partial charge >= 0.3 is 5.97 Å². The minimum absolute atomic E-state index is 0.219.